The average Bonchev–Trinajstić information content (AvgIpc) is 2.68. The molecule has 0 radical (unpaired) electrons. The third-order valence-corrected chi connectivity index (χ3v) is 5.14. The first-order chi connectivity index (χ1) is 12.6. The number of carbonyl (C=O) groups excluding carboxylic acids is 2. The van der Waals surface area contributed by atoms with Crippen LogP contribution < -0.4 is 16.0 Å². The summed E-state index contributed by atoms with van der Waals surface area (Å²) in [7, 11) is 0. The summed E-state index contributed by atoms with van der Waals surface area (Å²) >= 11 is 0. The molecule has 1 aromatic rings. The molecule has 140 valence electrons. The summed E-state index contributed by atoms with van der Waals surface area (Å²) in [4.78, 5) is 32.3. The lowest BCUT2D eigenvalue weighted by Gasteiger charge is -2.36. The van der Waals surface area contributed by atoms with Gasteiger partial charge in [-0.15, -0.1) is 0 Å². The second kappa shape index (κ2) is 8.21. The number of nitrogens with two attached hydrogens (primary N) is 1. The predicted octanol–water partition coefficient (Wildman–Crippen LogP) is 1.90. The smallest absolute Gasteiger partial charge is 0.317 e. The van der Waals surface area contributed by atoms with Crippen LogP contribution in [0, 0.1) is 0 Å². The Morgan fingerprint density at radius 2 is 2.00 bits per heavy atom. The molecule has 1 aliphatic carbocycles. The highest BCUT2D eigenvalue weighted by Gasteiger charge is 2.25. The molecule has 1 aromatic heterocycles. The van der Waals surface area contributed by atoms with Crippen molar-refractivity contribution < 1.29 is 9.59 Å². The van der Waals surface area contributed by atoms with Gasteiger partial charge in [-0.05, 0) is 44.7 Å². The molecule has 3 rings (SSSR count). The van der Waals surface area contributed by atoms with Crippen LogP contribution >= 0.6 is 0 Å². The van der Waals surface area contributed by atoms with Gasteiger partial charge in [-0.25, -0.2) is 9.78 Å². The van der Waals surface area contributed by atoms with Crippen LogP contribution in [0.2, 0.25) is 0 Å². The second-order valence-electron chi connectivity index (χ2n) is 6.91. The third-order valence-electron chi connectivity index (χ3n) is 5.14. The molecule has 1 aliphatic heterocycles. The molecule has 2 heterocycles. The molecule has 0 aromatic carbocycles. The van der Waals surface area contributed by atoms with Gasteiger partial charge in [-0.1, -0.05) is 11.6 Å². The van der Waals surface area contributed by atoms with Crippen molar-refractivity contribution in [2.75, 3.05) is 31.1 Å². The summed E-state index contributed by atoms with van der Waals surface area (Å²) in [5.41, 5.74) is 7.19. The van der Waals surface area contributed by atoms with Gasteiger partial charge in [-0.3, -0.25) is 4.79 Å². The van der Waals surface area contributed by atoms with Crippen LogP contribution in [0.5, 0.6) is 0 Å². The van der Waals surface area contributed by atoms with Crippen LogP contribution in [-0.2, 0) is 0 Å². The quantitative estimate of drug-likeness (QED) is 0.805. The number of amides is 3. The number of nitrogens with one attached hydrogen (secondary N) is 1. The standard InChI is InChI=1S/C19H27N5O2/c1-14(15-6-3-2-4-7-15)22-19(26)24-12-10-23(11-13-24)18-16(17(20)25)8-5-9-21-18/h5-6,8-9,14H,2-4,7,10-13H2,1H3,(H2,20,25)(H,22,26)/t14-/m1/s1. The van der Waals surface area contributed by atoms with E-state index < -0.39 is 5.91 Å². The van der Waals surface area contributed by atoms with Crippen LogP contribution in [0.1, 0.15) is 43.0 Å². The first-order valence-corrected chi connectivity index (χ1v) is 9.30. The normalized spacial score (nSPS) is 18.9. The van der Waals surface area contributed by atoms with Crippen LogP contribution in [0.4, 0.5) is 10.6 Å². The number of primary amides is 1. The summed E-state index contributed by atoms with van der Waals surface area (Å²) in [6.07, 6.45) is 8.55. The van der Waals surface area contributed by atoms with Gasteiger partial charge in [0.25, 0.3) is 5.91 Å². The van der Waals surface area contributed by atoms with Gasteiger partial charge >= 0.3 is 6.03 Å². The highest BCUT2D eigenvalue weighted by molar-refractivity contribution is 5.97. The SMILES string of the molecule is C[C@@H](NC(=O)N1CCN(c2ncccc2C(N)=O)CC1)C1=CCCCC1. The number of piperazine rings is 1. The van der Waals surface area contributed by atoms with E-state index >= 15 is 0 Å². The fourth-order valence-corrected chi connectivity index (χ4v) is 3.59. The molecule has 1 atom stereocenters. The predicted molar refractivity (Wildman–Crippen MR) is 101 cm³/mol. The number of carbonyl (C=O) groups is 2. The van der Waals surface area contributed by atoms with E-state index in [0.29, 0.717) is 37.6 Å². The number of hydrogen-bond acceptors (Lipinski definition) is 4. The summed E-state index contributed by atoms with van der Waals surface area (Å²) in [6.45, 7) is 4.49. The summed E-state index contributed by atoms with van der Waals surface area (Å²) in [6, 6.07) is 3.44. The van der Waals surface area contributed by atoms with Crippen LogP contribution in [0.15, 0.2) is 30.0 Å². The minimum absolute atomic E-state index is 0.0280. The Labute approximate surface area is 154 Å². The van der Waals surface area contributed by atoms with Crippen molar-refractivity contribution in [3.05, 3.63) is 35.5 Å². The molecule has 7 nitrogen and oxygen atoms in total. The molecule has 0 bridgehead atoms. The van der Waals surface area contributed by atoms with Crippen molar-refractivity contribution in [1.82, 2.24) is 15.2 Å². The average molecular weight is 357 g/mol. The Balaban J connectivity index is 1.56. The summed E-state index contributed by atoms with van der Waals surface area (Å²) in [5.74, 6) is 0.114. The lowest BCUT2D eigenvalue weighted by Crippen LogP contribution is -2.53. The van der Waals surface area contributed by atoms with Gasteiger partial charge in [0.15, 0.2) is 0 Å². The molecule has 0 spiro atoms. The van der Waals surface area contributed by atoms with Crippen molar-refractivity contribution in [2.45, 2.75) is 38.6 Å². The Hall–Kier alpha value is -2.57. The Morgan fingerprint density at radius 1 is 1.23 bits per heavy atom. The maximum absolute atomic E-state index is 12.5. The lowest BCUT2D eigenvalue weighted by atomic mass is 9.95. The van der Waals surface area contributed by atoms with Crippen molar-refractivity contribution in [3.63, 3.8) is 0 Å². The number of anilines is 1. The molecule has 2 aliphatic rings. The topological polar surface area (TPSA) is 91.6 Å². The molecule has 0 unspecified atom stereocenters. The number of rotatable bonds is 4. The molecular formula is C19H27N5O2. The van der Waals surface area contributed by atoms with E-state index in [1.165, 1.54) is 18.4 Å². The molecular weight excluding hydrogens is 330 g/mol. The van der Waals surface area contributed by atoms with Gasteiger partial charge in [0.1, 0.15) is 5.82 Å². The van der Waals surface area contributed by atoms with Crippen molar-refractivity contribution in [2.24, 2.45) is 5.73 Å². The van der Waals surface area contributed by atoms with Gasteiger partial charge < -0.3 is 20.9 Å². The maximum Gasteiger partial charge on any atom is 0.317 e. The summed E-state index contributed by atoms with van der Waals surface area (Å²) in [5, 5.41) is 3.11. The van der Waals surface area contributed by atoms with Gasteiger partial charge in [0.05, 0.1) is 5.56 Å². The van der Waals surface area contributed by atoms with E-state index in [-0.39, 0.29) is 12.1 Å². The number of nitrogens with zero attached hydrogens (tertiary/aromatic N) is 3. The second-order valence-corrected chi connectivity index (χ2v) is 6.91. The number of urea groups is 1. The van der Waals surface area contributed by atoms with E-state index in [4.69, 9.17) is 5.73 Å². The van der Waals surface area contributed by atoms with Gasteiger partial charge in [0.2, 0.25) is 0 Å². The zero-order valence-electron chi connectivity index (χ0n) is 15.3. The van der Waals surface area contributed by atoms with Crippen molar-refractivity contribution >= 4 is 17.8 Å². The number of pyridine rings is 1. The van der Waals surface area contributed by atoms with Crippen LogP contribution in [0.3, 0.4) is 0 Å². The third kappa shape index (κ3) is 4.15. The zero-order valence-corrected chi connectivity index (χ0v) is 15.3. The fourth-order valence-electron chi connectivity index (χ4n) is 3.59. The van der Waals surface area contributed by atoms with Crippen molar-refractivity contribution in [1.29, 1.82) is 0 Å². The summed E-state index contributed by atoms with van der Waals surface area (Å²) < 4.78 is 0. The molecule has 0 saturated carbocycles. The first kappa shape index (κ1) is 18.2. The molecule has 26 heavy (non-hydrogen) atoms. The first-order valence-electron chi connectivity index (χ1n) is 9.30. The molecule has 3 N–H and O–H groups in total. The van der Waals surface area contributed by atoms with Crippen molar-refractivity contribution in [3.8, 4) is 0 Å². The van der Waals surface area contributed by atoms with Gasteiger partial charge in [-0.2, -0.15) is 0 Å². The largest absolute Gasteiger partial charge is 0.365 e. The number of allylic oxidation sites excluding steroid dienone is 1. The highest BCUT2D eigenvalue weighted by Crippen LogP contribution is 2.21. The van der Waals surface area contributed by atoms with E-state index in [2.05, 4.69) is 23.3 Å². The van der Waals surface area contributed by atoms with E-state index in [1.807, 2.05) is 9.80 Å². The van der Waals surface area contributed by atoms with E-state index in [1.54, 1.807) is 18.3 Å². The molecule has 1 fully saturated rings. The lowest BCUT2D eigenvalue weighted by molar-refractivity contribution is 0.1000. The molecule has 1 saturated heterocycles. The minimum atomic E-state index is -0.483. The Bertz CT molecular complexity index is 695. The fraction of sp³-hybridized carbons (Fsp3) is 0.526. The van der Waals surface area contributed by atoms with E-state index in [9.17, 15) is 9.59 Å². The van der Waals surface area contributed by atoms with Gasteiger partial charge in [0, 0.05) is 38.4 Å². The van der Waals surface area contributed by atoms with Crippen LogP contribution in [-0.4, -0.2) is 54.0 Å². The highest BCUT2D eigenvalue weighted by atomic mass is 16.2. The van der Waals surface area contributed by atoms with E-state index in [0.717, 1.165) is 12.8 Å². The molecule has 7 heteroatoms. The number of hydrogen-bond donors (Lipinski definition) is 2. The Morgan fingerprint density at radius 3 is 2.65 bits per heavy atom. The number of aromatic nitrogens is 1. The van der Waals surface area contributed by atoms with Crippen LogP contribution in [0.25, 0.3) is 0 Å². The minimum Gasteiger partial charge on any atom is -0.365 e. The zero-order chi connectivity index (χ0) is 18.5. The molecule has 3 amide bonds. The monoisotopic (exact) mass is 357 g/mol. The maximum atomic E-state index is 12.5. The Kier molecular flexibility index (Phi) is 5.75.